The fraction of sp³-hybridized carbons (Fsp3) is 0.412. The molecule has 2 heterocycles. The van der Waals surface area contributed by atoms with Crippen LogP contribution in [0.3, 0.4) is 0 Å². The van der Waals surface area contributed by atoms with Gasteiger partial charge in [0, 0.05) is 38.8 Å². The Morgan fingerprint density at radius 2 is 1.79 bits per heavy atom. The number of aliphatic carboxylic acids is 1. The first-order valence-corrected chi connectivity index (χ1v) is 8.71. The van der Waals surface area contributed by atoms with E-state index in [1.807, 2.05) is 46.8 Å². The number of halogens is 1. The van der Waals surface area contributed by atoms with Gasteiger partial charge in [-0.2, -0.15) is 0 Å². The molecule has 1 atom stereocenters. The van der Waals surface area contributed by atoms with Crippen molar-refractivity contribution in [3.63, 3.8) is 0 Å². The van der Waals surface area contributed by atoms with Gasteiger partial charge in [0.15, 0.2) is 6.04 Å². The number of imidazole rings is 1. The molecule has 0 saturated carbocycles. The van der Waals surface area contributed by atoms with Crippen LogP contribution in [0.15, 0.2) is 34.9 Å². The molecule has 2 aromatic rings. The van der Waals surface area contributed by atoms with Crippen molar-refractivity contribution in [2.75, 3.05) is 33.2 Å². The molecular formula is C17H21BrN4O2. The Morgan fingerprint density at radius 1 is 1.17 bits per heavy atom. The number of carbonyl (C=O) groups is 1. The fourth-order valence-corrected chi connectivity index (χ4v) is 3.80. The lowest BCUT2D eigenvalue weighted by molar-refractivity contribution is -0.144. The lowest BCUT2D eigenvalue weighted by atomic mass is 10.1. The Morgan fingerprint density at radius 3 is 2.38 bits per heavy atom. The van der Waals surface area contributed by atoms with Gasteiger partial charge in [-0.3, -0.25) is 9.69 Å². The molecule has 24 heavy (non-hydrogen) atoms. The van der Waals surface area contributed by atoms with Gasteiger partial charge in [0.1, 0.15) is 10.4 Å². The summed E-state index contributed by atoms with van der Waals surface area (Å²) in [5, 5.41) is 9.86. The molecule has 0 amide bonds. The third-order valence-electron chi connectivity index (χ3n) is 4.52. The number of carboxylic acids is 1. The molecule has 128 valence electrons. The summed E-state index contributed by atoms with van der Waals surface area (Å²) in [6.45, 7) is 3.19. The monoisotopic (exact) mass is 392 g/mol. The highest BCUT2D eigenvalue weighted by atomic mass is 79.9. The Hall–Kier alpha value is -1.70. The third kappa shape index (κ3) is 3.24. The molecule has 0 aliphatic carbocycles. The highest BCUT2D eigenvalue weighted by molar-refractivity contribution is 9.10. The number of rotatable bonds is 4. The highest BCUT2D eigenvalue weighted by Gasteiger charge is 2.34. The standard InChI is InChI=1S/C17H21BrN4O2/c1-20-8-10-22(11-9-20)14(17(23)24)13-15(18)19-16(21(13)2)12-6-4-3-5-7-12/h3-7,14H,8-11H2,1-2H3,(H,23,24). The highest BCUT2D eigenvalue weighted by Crippen LogP contribution is 2.32. The number of piperazine rings is 1. The van der Waals surface area contributed by atoms with Gasteiger partial charge in [0.25, 0.3) is 0 Å². The summed E-state index contributed by atoms with van der Waals surface area (Å²) in [5.41, 5.74) is 1.65. The van der Waals surface area contributed by atoms with Crippen LogP contribution in [0.4, 0.5) is 0 Å². The van der Waals surface area contributed by atoms with Crippen LogP contribution in [0.25, 0.3) is 11.4 Å². The molecule has 0 bridgehead atoms. The second-order valence-corrected chi connectivity index (χ2v) is 6.87. The van der Waals surface area contributed by atoms with Crippen LogP contribution in [0, 0.1) is 0 Å². The molecule has 7 heteroatoms. The fourth-order valence-electron chi connectivity index (χ4n) is 3.15. The van der Waals surface area contributed by atoms with Crippen LogP contribution in [-0.2, 0) is 11.8 Å². The number of aromatic nitrogens is 2. The molecule has 0 spiro atoms. The number of hydrogen-bond donors (Lipinski definition) is 1. The molecule has 1 aromatic heterocycles. The molecule has 6 nitrogen and oxygen atoms in total. The van der Waals surface area contributed by atoms with E-state index < -0.39 is 12.0 Å². The summed E-state index contributed by atoms with van der Waals surface area (Å²) < 4.78 is 2.48. The first-order valence-electron chi connectivity index (χ1n) is 7.92. The van der Waals surface area contributed by atoms with Crippen molar-refractivity contribution in [1.82, 2.24) is 19.4 Å². The largest absolute Gasteiger partial charge is 0.480 e. The lowest BCUT2D eigenvalue weighted by Gasteiger charge is -2.36. The number of likely N-dealkylation sites (N-methyl/N-ethyl adjacent to an activating group) is 1. The van der Waals surface area contributed by atoms with Crippen molar-refractivity contribution >= 4 is 21.9 Å². The summed E-state index contributed by atoms with van der Waals surface area (Å²) >= 11 is 3.48. The van der Waals surface area contributed by atoms with Crippen LogP contribution in [0.5, 0.6) is 0 Å². The quantitative estimate of drug-likeness (QED) is 0.863. The van der Waals surface area contributed by atoms with Crippen LogP contribution in [-0.4, -0.2) is 63.7 Å². The SMILES string of the molecule is CN1CCN(C(C(=O)O)c2c(Br)nc(-c3ccccc3)n2C)CC1. The number of carboxylic acid groups (broad SMARTS) is 1. The summed E-state index contributed by atoms with van der Waals surface area (Å²) in [4.78, 5) is 20.8. The van der Waals surface area contributed by atoms with Crippen molar-refractivity contribution in [2.45, 2.75) is 6.04 Å². The van der Waals surface area contributed by atoms with E-state index in [2.05, 4.69) is 32.9 Å². The minimum Gasteiger partial charge on any atom is -0.480 e. The average Bonchev–Trinajstić information content (AvgIpc) is 2.86. The first-order chi connectivity index (χ1) is 11.5. The first kappa shape index (κ1) is 17.1. The second kappa shape index (κ2) is 7.04. The van der Waals surface area contributed by atoms with Crippen molar-refractivity contribution in [1.29, 1.82) is 0 Å². The van der Waals surface area contributed by atoms with E-state index in [0.717, 1.165) is 37.6 Å². The number of hydrogen-bond acceptors (Lipinski definition) is 4. The Kier molecular flexibility index (Phi) is 5.03. The van der Waals surface area contributed by atoms with Crippen LogP contribution < -0.4 is 0 Å². The van der Waals surface area contributed by atoms with E-state index in [1.165, 1.54) is 0 Å². The normalized spacial score (nSPS) is 17.8. The molecule has 3 rings (SSSR count). The molecule has 1 aromatic carbocycles. The van der Waals surface area contributed by atoms with Crippen molar-refractivity contribution in [3.05, 3.63) is 40.6 Å². The Bertz CT molecular complexity index is 724. The summed E-state index contributed by atoms with van der Waals surface area (Å²) in [6.07, 6.45) is 0. The van der Waals surface area contributed by atoms with E-state index >= 15 is 0 Å². The number of benzene rings is 1. The van der Waals surface area contributed by atoms with E-state index in [4.69, 9.17) is 0 Å². The van der Waals surface area contributed by atoms with Crippen LogP contribution in [0.2, 0.25) is 0 Å². The predicted octanol–water partition coefficient (Wildman–Crippen LogP) is 2.22. The molecular weight excluding hydrogens is 372 g/mol. The Balaban J connectivity index is 2.00. The van der Waals surface area contributed by atoms with Gasteiger partial charge in [0.05, 0.1) is 5.69 Å². The minimum absolute atomic E-state index is 0.593. The maximum atomic E-state index is 12.0. The predicted molar refractivity (Wildman–Crippen MR) is 95.8 cm³/mol. The third-order valence-corrected chi connectivity index (χ3v) is 5.11. The molecule has 0 radical (unpaired) electrons. The van der Waals surface area contributed by atoms with Gasteiger partial charge in [-0.25, -0.2) is 4.98 Å². The van der Waals surface area contributed by atoms with Gasteiger partial charge in [-0.15, -0.1) is 0 Å². The number of nitrogens with zero attached hydrogens (tertiary/aromatic N) is 4. The molecule has 1 unspecified atom stereocenters. The second-order valence-electron chi connectivity index (χ2n) is 6.12. The van der Waals surface area contributed by atoms with E-state index in [1.54, 1.807) is 0 Å². The molecule has 1 aliphatic rings. The summed E-state index contributed by atoms with van der Waals surface area (Å²) in [6, 6.07) is 9.10. The van der Waals surface area contributed by atoms with Gasteiger partial charge < -0.3 is 14.6 Å². The zero-order chi connectivity index (χ0) is 17.3. The van der Waals surface area contributed by atoms with E-state index in [0.29, 0.717) is 10.3 Å². The van der Waals surface area contributed by atoms with Gasteiger partial charge in [0.2, 0.25) is 0 Å². The van der Waals surface area contributed by atoms with Crippen molar-refractivity contribution < 1.29 is 9.90 Å². The van der Waals surface area contributed by atoms with Gasteiger partial charge in [-0.1, -0.05) is 30.3 Å². The Labute approximate surface area is 149 Å². The topological polar surface area (TPSA) is 61.6 Å². The van der Waals surface area contributed by atoms with Crippen molar-refractivity contribution in [3.8, 4) is 11.4 Å². The van der Waals surface area contributed by atoms with Crippen LogP contribution >= 0.6 is 15.9 Å². The summed E-state index contributed by atoms with van der Waals surface area (Å²) in [7, 11) is 3.93. The smallest absolute Gasteiger partial charge is 0.327 e. The zero-order valence-electron chi connectivity index (χ0n) is 13.8. The van der Waals surface area contributed by atoms with Crippen LogP contribution in [0.1, 0.15) is 11.7 Å². The zero-order valence-corrected chi connectivity index (χ0v) is 15.4. The van der Waals surface area contributed by atoms with Gasteiger partial charge in [-0.05, 0) is 23.0 Å². The minimum atomic E-state index is -0.845. The average molecular weight is 393 g/mol. The molecule has 1 fully saturated rings. The van der Waals surface area contributed by atoms with Crippen molar-refractivity contribution in [2.24, 2.45) is 7.05 Å². The maximum Gasteiger partial charge on any atom is 0.327 e. The van der Waals surface area contributed by atoms with E-state index in [-0.39, 0.29) is 0 Å². The molecule has 1 saturated heterocycles. The lowest BCUT2D eigenvalue weighted by Crippen LogP contribution is -2.48. The van der Waals surface area contributed by atoms with Gasteiger partial charge >= 0.3 is 5.97 Å². The van der Waals surface area contributed by atoms with E-state index in [9.17, 15) is 9.90 Å². The maximum absolute atomic E-state index is 12.0. The summed E-state index contributed by atoms with van der Waals surface area (Å²) in [5.74, 6) is -0.0827. The molecule has 1 N–H and O–H groups in total. The molecule has 1 aliphatic heterocycles.